The molecule has 0 atom stereocenters. The molecule has 1 rings (SSSR count). The summed E-state index contributed by atoms with van der Waals surface area (Å²) in [5.74, 6) is -0.667. The highest BCUT2D eigenvalue weighted by molar-refractivity contribution is 8.13. The smallest absolute Gasteiger partial charge is 0.419 e. The third-order valence-electron chi connectivity index (χ3n) is 1.98. The van der Waals surface area contributed by atoms with Gasteiger partial charge < -0.3 is 4.74 Å². The number of hydrogen-bond donors (Lipinski definition) is 0. The summed E-state index contributed by atoms with van der Waals surface area (Å²) in [4.78, 5) is 0. The number of rotatable bonds is 5. The zero-order valence-corrected chi connectivity index (χ0v) is 10.6. The normalized spacial score (nSPS) is 12.4. The molecule has 0 spiro atoms. The molecule has 0 saturated carbocycles. The summed E-state index contributed by atoms with van der Waals surface area (Å²) in [5, 5.41) is 0. The van der Waals surface area contributed by atoms with Crippen molar-refractivity contribution in [3.63, 3.8) is 0 Å². The van der Waals surface area contributed by atoms with E-state index in [0.29, 0.717) is 0 Å². The summed E-state index contributed by atoms with van der Waals surface area (Å²) >= 11 is 0. The highest BCUT2D eigenvalue weighted by Crippen LogP contribution is 2.35. The van der Waals surface area contributed by atoms with Gasteiger partial charge in [-0.1, -0.05) is 12.1 Å². The number of ether oxygens (including phenoxy) is 1. The van der Waals surface area contributed by atoms with E-state index in [9.17, 15) is 21.6 Å². The Hall–Kier alpha value is -0.950. The van der Waals surface area contributed by atoms with Gasteiger partial charge in [-0.15, -0.1) is 0 Å². The maximum atomic E-state index is 12.5. The molecule has 0 bridgehead atoms. The first-order valence-corrected chi connectivity index (χ1v) is 7.39. The van der Waals surface area contributed by atoms with Crippen LogP contribution in [0.25, 0.3) is 0 Å². The Morgan fingerprint density at radius 3 is 2.39 bits per heavy atom. The van der Waals surface area contributed by atoms with Gasteiger partial charge in [-0.25, -0.2) is 8.42 Å². The minimum absolute atomic E-state index is 0.0258. The highest BCUT2D eigenvalue weighted by atomic mass is 35.7. The topological polar surface area (TPSA) is 43.4 Å². The Balaban J connectivity index is 2.63. The van der Waals surface area contributed by atoms with Gasteiger partial charge in [-0.05, 0) is 18.6 Å². The minimum atomic E-state index is -4.50. The monoisotopic (exact) mass is 302 g/mol. The average molecular weight is 303 g/mol. The van der Waals surface area contributed by atoms with Gasteiger partial charge in [0.05, 0.1) is 17.9 Å². The van der Waals surface area contributed by atoms with E-state index in [1.807, 2.05) is 0 Å². The van der Waals surface area contributed by atoms with Crippen LogP contribution in [0, 0.1) is 0 Å². The van der Waals surface area contributed by atoms with Gasteiger partial charge in [-0.3, -0.25) is 0 Å². The van der Waals surface area contributed by atoms with Gasteiger partial charge in [0.15, 0.2) is 0 Å². The van der Waals surface area contributed by atoms with Crippen molar-refractivity contribution in [1.29, 1.82) is 0 Å². The van der Waals surface area contributed by atoms with Gasteiger partial charge in [0, 0.05) is 10.7 Å². The molecule has 0 radical (unpaired) electrons. The van der Waals surface area contributed by atoms with Crippen molar-refractivity contribution < 1.29 is 26.3 Å². The molecule has 1 aromatic rings. The fraction of sp³-hybridized carbons (Fsp3) is 0.400. The molecule has 8 heteroatoms. The fourth-order valence-corrected chi connectivity index (χ4v) is 2.03. The van der Waals surface area contributed by atoms with E-state index in [4.69, 9.17) is 15.4 Å². The summed E-state index contributed by atoms with van der Waals surface area (Å²) in [6.45, 7) is -0.154. The lowest BCUT2D eigenvalue weighted by Crippen LogP contribution is -2.10. The molecule has 0 fully saturated rings. The first kappa shape index (κ1) is 15.1. The lowest BCUT2D eigenvalue weighted by atomic mass is 10.2. The Morgan fingerprint density at radius 2 is 1.83 bits per heavy atom. The molecule has 1 aromatic carbocycles. The van der Waals surface area contributed by atoms with Crippen LogP contribution < -0.4 is 4.74 Å². The standard InChI is InChI=1S/C10H10ClF3O3S/c11-18(15,16)7-3-6-17-9-5-2-1-4-8(9)10(12,13)14/h1-2,4-5H,3,6-7H2. The van der Waals surface area contributed by atoms with E-state index in [2.05, 4.69) is 0 Å². The zero-order chi connectivity index (χ0) is 13.8. The third kappa shape index (κ3) is 5.14. The Labute approximate surface area is 107 Å². The molecule has 0 aliphatic heterocycles. The number of alkyl halides is 3. The molecular weight excluding hydrogens is 293 g/mol. The maximum absolute atomic E-state index is 12.5. The van der Waals surface area contributed by atoms with Gasteiger partial charge in [0.1, 0.15) is 5.75 Å². The van der Waals surface area contributed by atoms with Crippen LogP contribution >= 0.6 is 10.7 Å². The van der Waals surface area contributed by atoms with Crippen LogP contribution in [0.1, 0.15) is 12.0 Å². The van der Waals surface area contributed by atoms with Crippen molar-refractivity contribution in [2.75, 3.05) is 12.4 Å². The van der Waals surface area contributed by atoms with Crippen LogP contribution in [0.2, 0.25) is 0 Å². The average Bonchev–Trinajstić information content (AvgIpc) is 2.22. The van der Waals surface area contributed by atoms with Crippen molar-refractivity contribution in [2.45, 2.75) is 12.6 Å². The van der Waals surface area contributed by atoms with Gasteiger partial charge in [-0.2, -0.15) is 13.2 Å². The summed E-state index contributed by atoms with van der Waals surface area (Å²) in [7, 11) is 1.31. The van der Waals surface area contributed by atoms with Gasteiger partial charge >= 0.3 is 6.18 Å². The van der Waals surface area contributed by atoms with Gasteiger partial charge in [0.2, 0.25) is 9.05 Å². The molecule has 0 aliphatic rings. The van der Waals surface area contributed by atoms with Crippen LogP contribution in [-0.2, 0) is 15.2 Å². The van der Waals surface area contributed by atoms with E-state index in [-0.39, 0.29) is 24.5 Å². The molecule has 102 valence electrons. The molecule has 0 amide bonds. The first-order valence-electron chi connectivity index (χ1n) is 4.91. The van der Waals surface area contributed by atoms with Gasteiger partial charge in [0.25, 0.3) is 0 Å². The van der Waals surface area contributed by atoms with Crippen molar-refractivity contribution in [1.82, 2.24) is 0 Å². The van der Waals surface area contributed by atoms with E-state index in [1.54, 1.807) is 0 Å². The van der Waals surface area contributed by atoms with Crippen LogP contribution in [0.15, 0.2) is 24.3 Å². The predicted molar refractivity (Wildman–Crippen MR) is 61.2 cm³/mol. The maximum Gasteiger partial charge on any atom is 0.419 e. The Morgan fingerprint density at radius 1 is 1.22 bits per heavy atom. The highest BCUT2D eigenvalue weighted by Gasteiger charge is 2.33. The van der Waals surface area contributed by atoms with Crippen LogP contribution in [0.5, 0.6) is 5.75 Å². The molecule has 0 aromatic heterocycles. The van der Waals surface area contributed by atoms with E-state index < -0.39 is 20.8 Å². The molecular formula is C10H10ClF3O3S. The number of halogens is 4. The fourth-order valence-electron chi connectivity index (χ4n) is 1.24. The first-order chi connectivity index (χ1) is 8.20. The predicted octanol–water partition coefficient (Wildman–Crippen LogP) is 3.04. The second kappa shape index (κ2) is 5.79. The lowest BCUT2D eigenvalue weighted by molar-refractivity contribution is -0.138. The van der Waals surface area contributed by atoms with Crippen LogP contribution in [0.3, 0.4) is 0 Å². The molecule has 0 saturated heterocycles. The summed E-state index contributed by atoms with van der Waals surface area (Å²) < 4.78 is 63.8. The quantitative estimate of drug-likeness (QED) is 0.620. The number of para-hydroxylation sites is 1. The van der Waals surface area contributed by atoms with Crippen molar-refractivity contribution in [2.24, 2.45) is 0 Å². The van der Waals surface area contributed by atoms with E-state index in [1.165, 1.54) is 18.2 Å². The summed E-state index contributed by atoms with van der Waals surface area (Å²) in [6.07, 6.45) is -4.48. The van der Waals surface area contributed by atoms with E-state index >= 15 is 0 Å². The Kier molecular flexibility index (Phi) is 4.86. The zero-order valence-electron chi connectivity index (χ0n) is 9.08. The second-order valence-corrected chi connectivity index (χ2v) is 6.34. The third-order valence-corrected chi connectivity index (χ3v) is 3.22. The number of hydrogen-bond acceptors (Lipinski definition) is 3. The van der Waals surface area contributed by atoms with Crippen molar-refractivity contribution in [3.8, 4) is 5.75 Å². The van der Waals surface area contributed by atoms with Crippen molar-refractivity contribution >= 4 is 19.7 Å². The molecule has 0 aliphatic carbocycles. The molecule has 18 heavy (non-hydrogen) atoms. The SMILES string of the molecule is O=S(=O)(Cl)CCCOc1ccccc1C(F)(F)F. The minimum Gasteiger partial charge on any atom is -0.493 e. The van der Waals surface area contributed by atoms with Crippen LogP contribution in [-0.4, -0.2) is 20.8 Å². The summed E-state index contributed by atoms with van der Waals surface area (Å²) in [6, 6.07) is 4.73. The van der Waals surface area contributed by atoms with Crippen LogP contribution in [0.4, 0.5) is 13.2 Å². The molecule has 0 heterocycles. The molecule has 0 unspecified atom stereocenters. The van der Waals surface area contributed by atoms with Crippen molar-refractivity contribution in [3.05, 3.63) is 29.8 Å². The molecule has 3 nitrogen and oxygen atoms in total. The second-order valence-electron chi connectivity index (χ2n) is 3.44. The summed E-state index contributed by atoms with van der Waals surface area (Å²) in [5.41, 5.74) is -0.890. The largest absolute Gasteiger partial charge is 0.493 e. The molecule has 0 N–H and O–H groups in total. The Bertz CT molecular complexity index is 499. The van der Waals surface area contributed by atoms with E-state index in [0.717, 1.165) is 6.07 Å². The number of benzene rings is 1. The lowest BCUT2D eigenvalue weighted by Gasteiger charge is -2.13.